The number of anilines is 3. The van der Waals surface area contributed by atoms with Crippen LogP contribution >= 0.6 is 11.6 Å². The number of nitrogens with zero attached hydrogens (tertiary/aromatic N) is 4. The van der Waals surface area contributed by atoms with E-state index in [0.717, 1.165) is 5.69 Å². The van der Waals surface area contributed by atoms with E-state index in [2.05, 4.69) is 16.0 Å². The number of nitrogen functional groups attached to an aromatic ring is 1. The number of nitriles is 1. The van der Waals surface area contributed by atoms with Crippen molar-refractivity contribution in [2.45, 2.75) is 0 Å². The van der Waals surface area contributed by atoms with Gasteiger partial charge in [0.2, 0.25) is 0 Å². The molecule has 5 nitrogen and oxygen atoms in total. The molecule has 0 aliphatic heterocycles. The Bertz CT molecular complexity index is 603. The second kappa shape index (κ2) is 4.90. The number of hydrogen-bond acceptors (Lipinski definition) is 5. The summed E-state index contributed by atoms with van der Waals surface area (Å²) >= 11 is 5.85. The molecule has 0 aliphatic rings. The van der Waals surface area contributed by atoms with Crippen molar-refractivity contribution in [3.63, 3.8) is 0 Å². The van der Waals surface area contributed by atoms with Crippen LogP contribution in [0.2, 0.25) is 5.15 Å². The van der Waals surface area contributed by atoms with Crippen LogP contribution in [0.25, 0.3) is 0 Å². The average Bonchev–Trinajstić information content (AvgIpc) is 2.41. The molecule has 6 heteroatoms. The van der Waals surface area contributed by atoms with Gasteiger partial charge < -0.3 is 10.6 Å². The summed E-state index contributed by atoms with van der Waals surface area (Å²) in [5.41, 5.74) is 7.61. The fraction of sp³-hybridized carbons (Fsp3) is 0.0833. The predicted molar refractivity (Wildman–Crippen MR) is 70.7 cm³/mol. The normalized spacial score (nSPS) is 9.83. The number of benzene rings is 1. The van der Waals surface area contributed by atoms with Crippen LogP contribution in [0, 0.1) is 11.3 Å². The van der Waals surface area contributed by atoms with E-state index in [-0.39, 0.29) is 5.15 Å². The maximum absolute atomic E-state index is 8.74. The van der Waals surface area contributed by atoms with Gasteiger partial charge in [-0.05, 0) is 24.3 Å². The van der Waals surface area contributed by atoms with Gasteiger partial charge >= 0.3 is 0 Å². The van der Waals surface area contributed by atoms with Crippen LogP contribution < -0.4 is 10.6 Å². The molecule has 1 aromatic carbocycles. The molecule has 0 amide bonds. The highest BCUT2D eigenvalue weighted by Crippen LogP contribution is 2.29. The van der Waals surface area contributed by atoms with E-state index in [9.17, 15) is 0 Å². The van der Waals surface area contributed by atoms with E-state index >= 15 is 0 Å². The summed E-state index contributed by atoms with van der Waals surface area (Å²) < 4.78 is 0. The van der Waals surface area contributed by atoms with E-state index in [1.807, 2.05) is 19.2 Å². The quantitative estimate of drug-likeness (QED) is 0.838. The van der Waals surface area contributed by atoms with E-state index in [1.165, 1.54) is 6.33 Å². The zero-order valence-corrected chi connectivity index (χ0v) is 10.4. The lowest BCUT2D eigenvalue weighted by atomic mass is 10.2. The highest BCUT2D eigenvalue weighted by atomic mass is 35.5. The molecule has 0 radical (unpaired) electrons. The van der Waals surface area contributed by atoms with Crippen LogP contribution in [0.15, 0.2) is 30.6 Å². The molecule has 0 fully saturated rings. The van der Waals surface area contributed by atoms with Gasteiger partial charge in [0.05, 0.1) is 11.6 Å². The molecule has 0 saturated carbocycles. The third-order valence-electron chi connectivity index (χ3n) is 2.52. The maximum Gasteiger partial charge on any atom is 0.161 e. The molecule has 0 bridgehead atoms. The van der Waals surface area contributed by atoms with E-state index < -0.39 is 0 Å². The first-order valence-corrected chi connectivity index (χ1v) is 5.51. The molecular formula is C12H10ClN5. The first-order valence-electron chi connectivity index (χ1n) is 5.13. The van der Waals surface area contributed by atoms with Crippen molar-refractivity contribution < 1.29 is 0 Å². The first-order chi connectivity index (χ1) is 8.63. The first kappa shape index (κ1) is 12.1. The van der Waals surface area contributed by atoms with E-state index in [0.29, 0.717) is 17.1 Å². The van der Waals surface area contributed by atoms with Gasteiger partial charge in [0.1, 0.15) is 12.0 Å². The van der Waals surface area contributed by atoms with Crippen molar-refractivity contribution in [1.82, 2.24) is 9.97 Å². The third kappa shape index (κ3) is 2.19. The van der Waals surface area contributed by atoms with Gasteiger partial charge in [-0.2, -0.15) is 5.26 Å². The fourth-order valence-electron chi connectivity index (χ4n) is 1.51. The van der Waals surface area contributed by atoms with Gasteiger partial charge in [-0.3, -0.25) is 0 Å². The zero-order chi connectivity index (χ0) is 13.1. The molecule has 1 heterocycles. The number of nitrogens with two attached hydrogens (primary N) is 1. The monoisotopic (exact) mass is 259 g/mol. The molecule has 0 spiro atoms. The number of hydrogen-bond donors (Lipinski definition) is 1. The van der Waals surface area contributed by atoms with Crippen molar-refractivity contribution in [3.05, 3.63) is 41.3 Å². The summed E-state index contributed by atoms with van der Waals surface area (Å²) in [5.74, 6) is 0.528. The minimum absolute atomic E-state index is 0.223. The Morgan fingerprint density at radius 3 is 2.56 bits per heavy atom. The summed E-state index contributed by atoms with van der Waals surface area (Å²) in [7, 11) is 1.82. The third-order valence-corrected chi connectivity index (χ3v) is 2.82. The molecule has 2 rings (SSSR count). The fourth-order valence-corrected chi connectivity index (χ4v) is 1.64. The Morgan fingerprint density at radius 1 is 1.28 bits per heavy atom. The van der Waals surface area contributed by atoms with Gasteiger partial charge in [-0.25, -0.2) is 9.97 Å². The molecule has 90 valence electrons. The smallest absolute Gasteiger partial charge is 0.161 e. The van der Waals surface area contributed by atoms with Gasteiger partial charge in [-0.15, -0.1) is 0 Å². The summed E-state index contributed by atoms with van der Waals surface area (Å²) in [6.07, 6.45) is 1.36. The molecule has 18 heavy (non-hydrogen) atoms. The lowest BCUT2D eigenvalue weighted by Gasteiger charge is -2.19. The van der Waals surface area contributed by atoms with Crippen molar-refractivity contribution in [1.29, 1.82) is 5.26 Å². The van der Waals surface area contributed by atoms with Gasteiger partial charge in [0.15, 0.2) is 11.0 Å². The highest BCUT2D eigenvalue weighted by Gasteiger charge is 2.12. The lowest BCUT2D eigenvalue weighted by Crippen LogP contribution is -2.14. The molecular weight excluding hydrogens is 250 g/mol. The Labute approximate surface area is 109 Å². The Balaban J connectivity index is 2.38. The van der Waals surface area contributed by atoms with E-state index in [1.54, 1.807) is 17.0 Å². The van der Waals surface area contributed by atoms with Crippen molar-refractivity contribution in [3.8, 4) is 6.07 Å². The summed E-state index contributed by atoms with van der Waals surface area (Å²) in [6, 6.07) is 9.14. The van der Waals surface area contributed by atoms with Crippen LogP contribution in [-0.2, 0) is 0 Å². The van der Waals surface area contributed by atoms with E-state index in [4.69, 9.17) is 22.6 Å². The molecule has 1 aromatic heterocycles. The number of aromatic nitrogens is 2. The van der Waals surface area contributed by atoms with Gasteiger partial charge in [0, 0.05) is 12.7 Å². The Kier molecular flexibility index (Phi) is 3.31. The van der Waals surface area contributed by atoms with Crippen LogP contribution in [-0.4, -0.2) is 17.0 Å². The van der Waals surface area contributed by atoms with Crippen molar-refractivity contribution >= 4 is 28.8 Å². The molecule has 0 unspecified atom stereocenters. The Morgan fingerprint density at radius 2 is 1.94 bits per heavy atom. The lowest BCUT2D eigenvalue weighted by molar-refractivity contribution is 1.08. The van der Waals surface area contributed by atoms with Gasteiger partial charge in [0.25, 0.3) is 0 Å². The van der Waals surface area contributed by atoms with Crippen LogP contribution in [0.3, 0.4) is 0 Å². The second-order valence-corrected chi connectivity index (χ2v) is 3.98. The molecule has 2 N–H and O–H groups in total. The van der Waals surface area contributed by atoms with Crippen LogP contribution in [0.4, 0.5) is 17.2 Å². The summed E-state index contributed by atoms with van der Waals surface area (Å²) in [6.45, 7) is 0. The summed E-state index contributed by atoms with van der Waals surface area (Å²) in [5, 5.41) is 8.97. The average molecular weight is 260 g/mol. The topological polar surface area (TPSA) is 78.8 Å². The van der Waals surface area contributed by atoms with Gasteiger partial charge in [-0.1, -0.05) is 11.6 Å². The SMILES string of the molecule is CN(c1ccc(C#N)cc1)c1ncnc(Cl)c1N. The van der Waals surface area contributed by atoms with Crippen LogP contribution in [0.1, 0.15) is 5.56 Å². The molecule has 2 aromatic rings. The summed E-state index contributed by atoms with van der Waals surface area (Å²) in [4.78, 5) is 9.68. The second-order valence-electron chi connectivity index (χ2n) is 3.62. The standard InChI is InChI=1S/C12H10ClN5/c1-18(9-4-2-8(6-14)3-5-9)12-10(15)11(13)16-7-17-12/h2-5,7H,15H2,1H3. The molecule has 0 atom stereocenters. The van der Waals surface area contributed by atoms with Crippen molar-refractivity contribution in [2.75, 3.05) is 17.7 Å². The largest absolute Gasteiger partial charge is 0.393 e. The number of rotatable bonds is 2. The highest BCUT2D eigenvalue weighted by molar-refractivity contribution is 6.32. The maximum atomic E-state index is 8.74. The predicted octanol–water partition coefficient (Wildman–Crippen LogP) is 2.35. The molecule has 0 saturated heterocycles. The number of halogens is 1. The minimum Gasteiger partial charge on any atom is -0.393 e. The minimum atomic E-state index is 0.223. The molecule has 0 aliphatic carbocycles. The zero-order valence-electron chi connectivity index (χ0n) is 9.63. The van der Waals surface area contributed by atoms with Crippen molar-refractivity contribution in [2.24, 2.45) is 0 Å². The van der Waals surface area contributed by atoms with Crippen LogP contribution in [0.5, 0.6) is 0 Å². The Hall–Kier alpha value is -2.32.